The van der Waals surface area contributed by atoms with Crippen molar-refractivity contribution in [1.29, 1.82) is 0 Å². The van der Waals surface area contributed by atoms with Crippen molar-refractivity contribution in [3.8, 4) is 5.69 Å². The zero-order chi connectivity index (χ0) is 16.9. The van der Waals surface area contributed by atoms with E-state index in [1.165, 1.54) is 6.07 Å². The molecule has 0 saturated heterocycles. The number of aromatic amines is 1. The highest BCUT2D eigenvalue weighted by Crippen LogP contribution is 2.09. The fourth-order valence-electron chi connectivity index (χ4n) is 2.54. The van der Waals surface area contributed by atoms with Crippen molar-refractivity contribution in [2.45, 2.75) is 19.9 Å². The summed E-state index contributed by atoms with van der Waals surface area (Å²) in [7, 11) is 0. The first kappa shape index (κ1) is 15.8. The lowest BCUT2D eigenvalue weighted by Gasteiger charge is -2.10. The Labute approximate surface area is 138 Å². The monoisotopic (exact) mass is 325 g/mol. The molecular formula is C17H19N5O2. The van der Waals surface area contributed by atoms with E-state index in [1.807, 2.05) is 29.8 Å². The molecule has 0 aliphatic carbocycles. The Hall–Kier alpha value is -3.09. The average molecular weight is 325 g/mol. The Morgan fingerprint density at radius 3 is 2.79 bits per heavy atom. The van der Waals surface area contributed by atoms with Crippen LogP contribution in [0.15, 0.2) is 58.6 Å². The lowest BCUT2D eigenvalue weighted by Crippen LogP contribution is -2.34. The third kappa shape index (κ3) is 3.45. The van der Waals surface area contributed by atoms with Crippen LogP contribution in [-0.2, 0) is 6.54 Å². The van der Waals surface area contributed by atoms with Gasteiger partial charge in [0.15, 0.2) is 0 Å². The molecule has 124 valence electrons. The molecule has 3 aromatic rings. The first-order chi connectivity index (χ1) is 11.6. The van der Waals surface area contributed by atoms with Crippen LogP contribution in [0.4, 0.5) is 5.82 Å². The van der Waals surface area contributed by atoms with Gasteiger partial charge in [-0.1, -0.05) is 18.2 Å². The number of H-pyrrole nitrogens is 1. The summed E-state index contributed by atoms with van der Waals surface area (Å²) >= 11 is 0. The maximum atomic E-state index is 12.3. The van der Waals surface area contributed by atoms with Crippen LogP contribution in [0.5, 0.6) is 0 Å². The van der Waals surface area contributed by atoms with Gasteiger partial charge in [-0.05, 0) is 25.0 Å². The van der Waals surface area contributed by atoms with Crippen LogP contribution in [0.2, 0.25) is 0 Å². The van der Waals surface area contributed by atoms with E-state index < -0.39 is 5.69 Å². The van der Waals surface area contributed by atoms with Crippen molar-refractivity contribution >= 4 is 5.82 Å². The van der Waals surface area contributed by atoms with E-state index in [9.17, 15) is 9.59 Å². The minimum absolute atomic E-state index is 0.356. The Morgan fingerprint density at radius 2 is 2.08 bits per heavy atom. The molecule has 1 aromatic carbocycles. The molecule has 0 spiro atoms. The van der Waals surface area contributed by atoms with Gasteiger partial charge in [-0.3, -0.25) is 9.78 Å². The minimum Gasteiger partial charge on any atom is -0.371 e. The third-order valence-corrected chi connectivity index (χ3v) is 3.76. The van der Waals surface area contributed by atoms with Crippen molar-refractivity contribution in [3.63, 3.8) is 0 Å². The van der Waals surface area contributed by atoms with Gasteiger partial charge in [-0.15, -0.1) is 0 Å². The number of para-hydroxylation sites is 1. The van der Waals surface area contributed by atoms with Crippen LogP contribution >= 0.6 is 0 Å². The van der Waals surface area contributed by atoms with Crippen LogP contribution in [0.25, 0.3) is 5.69 Å². The predicted octanol–water partition coefficient (Wildman–Crippen LogP) is 1.53. The van der Waals surface area contributed by atoms with E-state index in [0.29, 0.717) is 18.1 Å². The second-order valence-corrected chi connectivity index (χ2v) is 5.53. The molecule has 0 unspecified atom stereocenters. The molecule has 0 bridgehead atoms. The Morgan fingerprint density at radius 1 is 1.25 bits per heavy atom. The van der Waals surface area contributed by atoms with Gasteiger partial charge in [0.25, 0.3) is 5.56 Å². The fraction of sp³-hybridized carbons (Fsp3) is 0.235. The van der Waals surface area contributed by atoms with Crippen molar-refractivity contribution in [3.05, 3.63) is 75.5 Å². The van der Waals surface area contributed by atoms with Crippen molar-refractivity contribution in [2.24, 2.45) is 0 Å². The maximum absolute atomic E-state index is 12.3. The Bertz CT molecular complexity index is 893. The zero-order valence-corrected chi connectivity index (χ0v) is 13.4. The number of benzene rings is 1. The van der Waals surface area contributed by atoms with Gasteiger partial charge >= 0.3 is 5.69 Å². The quantitative estimate of drug-likeness (QED) is 0.673. The zero-order valence-electron chi connectivity index (χ0n) is 13.4. The van der Waals surface area contributed by atoms with E-state index in [4.69, 9.17) is 0 Å². The van der Waals surface area contributed by atoms with Crippen LogP contribution in [0, 0.1) is 6.92 Å². The normalized spacial score (nSPS) is 10.7. The molecule has 0 aliphatic heterocycles. The summed E-state index contributed by atoms with van der Waals surface area (Å²) in [5.74, 6) is 0.431. The third-order valence-electron chi connectivity index (χ3n) is 3.76. The maximum Gasteiger partial charge on any atom is 0.334 e. The average Bonchev–Trinajstić information content (AvgIpc) is 3.06. The van der Waals surface area contributed by atoms with Gasteiger partial charge in [-0.2, -0.15) is 0 Å². The van der Waals surface area contributed by atoms with Crippen molar-refractivity contribution in [2.75, 3.05) is 11.9 Å². The van der Waals surface area contributed by atoms with E-state index in [2.05, 4.69) is 15.3 Å². The summed E-state index contributed by atoms with van der Waals surface area (Å²) < 4.78 is 3.12. The summed E-state index contributed by atoms with van der Waals surface area (Å²) in [5, 5.41) is 3.08. The molecule has 2 aromatic heterocycles. The summed E-state index contributed by atoms with van der Waals surface area (Å²) in [5.41, 5.74) is 0.653. The molecule has 2 heterocycles. The minimum atomic E-state index is -0.450. The van der Waals surface area contributed by atoms with Gasteiger partial charge in [0.2, 0.25) is 0 Å². The second-order valence-electron chi connectivity index (χ2n) is 5.53. The summed E-state index contributed by atoms with van der Waals surface area (Å²) in [6.45, 7) is 3.32. The van der Waals surface area contributed by atoms with E-state index in [1.54, 1.807) is 24.7 Å². The van der Waals surface area contributed by atoms with E-state index >= 15 is 0 Å². The number of anilines is 1. The van der Waals surface area contributed by atoms with Crippen LogP contribution in [0.1, 0.15) is 12.0 Å². The van der Waals surface area contributed by atoms with Gasteiger partial charge in [-0.25, -0.2) is 14.3 Å². The molecule has 2 N–H and O–H groups in total. The molecule has 0 saturated carbocycles. The van der Waals surface area contributed by atoms with Crippen LogP contribution < -0.4 is 16.6 Å². The lowest BCUT2D eigenvalue weighted by molar-refractivity contribution is 0.659. The highest BCUT2D eigenvalue weighted by molar-refractivity contribution is 5.41. The van der Waals surface area contributed by atoms with Crippen molar-refractivity contribution < 1.29 is 0 Å². The Balaban J connectivity index is 1.72. The first-order valence-electron chi connectivity index (χ1n) is 7.77. The fourth-order valence-corrected chi connectivity index (χ4v) is 2.54. The highest BCUT2D eigenvalue weighted by Gasteiger charge is 2.08. The number of imidazole rings is 1. The summed E-state index contributed by atoms with van der Waals surface area (Å²) in [4.78, 5) is 31.3. The number of nitrogens with one attached hydrogen (secondary N) is 2. The largest absolute Gasteiger partial charge is 0.371 e. The SMILES string of the molecule is Cc1ccccc1-n1c(=O)cc(NCCCn2ccnc2)[nH]c1=O. The molecule has 3 rings (SSSR count). The van der Waals surface area contributed by atoms with Crippen LogP contribution in [0.3, 0.4) is 0 Å². The number of aromatic nitrogens is 4. The summed E-state index contributed by atoms with van der Waals surface area (Å²) in [6.07, 6.45) is 6.23. The Kier molecular flexibility index (Phi) is 4.60. The predicted molar refractivity (Wildman–Crippen MR) is 92.7 cm³/mol. The van der Waals surface area contributed by atoms with Crippen LogP contribution in [-0.4, -0.2) is 25.6 Å². The first-order valence-corrected chi connectivity index (χ1v) is 7.77. The van der Waals surface area contributed by atoms with Gasteiger partial charge in [0.05, 0.1) is 12.0 Å². The molecule has 7 heteroatoms. The highest BCUT2D eigenvalue weighted by atomic mass is 16.2. The van der Waals surface area contributed by atoms with E-state index in [0.717, 1.165) is 23.1 Å². The number of hydrogen-bond donors (Lipinski definition) is 2. The molecule has 0 atom stereocenters. The van der Waals surface area contributed by atoms with Crippen molar-refractivity contribution in [1.82, 2.24) is 19.1 Å². The lowest BCUT2D eigenvalue weighted by atomic mass is 10.2. The molecule has 0 fully saturated rings. The molecule has 0 amide bonds. The standard InChI is InChI=1S/C17H19N5O2/c1-13-5-2-3-6-14(13)22-16(23)11-15(20-17(22)24)19-7-4-9-21-10-8-18-12-21/h2-3,5-6,8,10-12,19H,4,7,9H2,1H3,(H,20,24). The summed E-state index contributed by atoms with van der Waals surface area (Å²) in [6, 6.07) is 8.70. The van der Waals surface area contributed by atoms with Gasteiger partial charge in [0.1, 0.15) is 5.82 Å². The second kappa shape index (κ2) is 6.99. The topological polar surface area (TPSA) is 84.7 Å². The molecule has 7 nitrogen and oxygen atoms in total. The van der Waals surface area contributed by atoms with Gasteiger partial charge in [0, 0.05) is 31.5 Å². The molecule has 0 aliphatic rings. The molecular weight excluding hydrogens is 306 g/mol. The molecule has 0 radical (unpaired) electrons. The number of aryl methyl sites for hydroxylation is 2. The number of nitrogens with zero attached hydrogens (tertiary/aromatic N) is 3. The van der Waals surface area contributed by atoms with Gasteiger partial charge < -0.3 is 9.88 Å². The number of hydrogen-bond acceptors (Lipinski definition) is 4. The number of rotatable bonds is 6. The molecule has 24 heavy (non-hydrogen) atoms. The van der Waals surface area contributed by atoms with E-state index in [-0.39, 0.29) is 5.56 Å². The smallest absolute Gasteiger partial charge is 0.334 e.